The van der Waals surface area contributed by atoms with Gasteiger partial charge in [0.05, 0.1) is 20.3 Å². The molecule has 0 heterocycles. The lowest BCUT2D eigenvalue weighted by molar-refractivity contribution is 0.301. The van der Waals surface area contributed by atoms with Crippen LogP contribution in [0.4, 0.5) is 0 Å². The molecule has 3 nitrogen and oxygen atoms in total. The van der Waals surface area contributed by atoms with Crippen molar-refractivity contribution in [1.29, 1.82) is 0 Å². The van der Waals surface area contributed by atoms with Crippen LogP contribution in [0.25, 0.3) is 0 Å². The SMILES string of the molecule is CCCCCCCCCCCCOc1cccc(C2c3cccc(OC)c3Cc3c(OCCCCCCCCCCCC)cccc32)c1. The third-order valence-electron chi connectivity index (χ3n) is 10.2. The van der Waals surface area contributed by atoms with E-state index < -0.39 is 0 Å². The Morgan fingerprint density at radius 3 is 1.50 bits per heavy atom. The fourth-order valence-corrected chi connectivity index (χ4v) is 7.45. The smallest absolute Gasteiger partial charge is 0.123 e. The summed E-state index contributed by atoms with van der Waals surface area (Å²) in [6, 6.07) is 21.9. The minimum atomic E-state index is 0.112. The van der Waals surface area contributed by atoms with Gasteiger partial charge in [0.25, 0.3) is 0 Å². The third-order valence-corrected chi connectivity index (χ3v) is 10.2. The molecular formula is C45H66O3. The van der Waals surface area contributed by atoms with Crippen LogP contribution in [0.1, 0.15) is 176 Å². The molecule has 1 aliphatic carbocycles. The van der Waals surface area contributed by atoms with E-state index in [9.17, 15) is 0 Å². The second-order valence-corrected chi connectivity index (χ2v) is 14.1. The molecule has 3 heteroatoms. The zero-order chi connectivity index (χ0) is 33.7. The van der Waals surface area contributed by atoms with Gasteiger partial charge < -0.3 is 14.2 Å². The second-order valence-electron chi connectivity index (χ2n) is 14.1. The first-order valence-corrected chi connectivity index (χ1v) is 19.9. The Labute approximate surface area is 294 Å². The summed E-state index contributed by atoms with van der Waals surface area (Å²) in [4.78, 5) is 0. The molecule has 1 aliphatic rings. The van der Waals surface area contributed by atoms with E-state index >= 15 is 0 Å². The Morgan fingerprint density at radius 2 is 0.958 bits per heavy atom. The van der Waals surface area contributed by atoms with Gasteiger partial charge in [0, 0.05) is 23.5 Å². The molecule has 0 bridgehead atoms. The lowest BCUT2D eigenvalue weighted by atomic mass is 9.74. The van der Waals surface area contributed by atoms with Gasteiger partial charge in [-0.2, -0.15) is 0 Å². The highest BCUT2D eigenvalue weighted by molar-refractivity contribution is 5.61. The standard InChI is InChI=1S/C45H66O3/c1-4-6-8-10-12-14-16-18-20-22-33-47-38-28-24-27-37(35-38)45-39-29-25-31-43(46-3)41(39)36-42-40(45)30-26-32-44(42)48-34-23-21-19-17-15-13-11-9-7-5-2/h24-32,35,45H,4-23,33-34,36H2,1-3H3. The van der Waals surface area contributed by atoms with E-state index in [1.54, 1.807) is 7.11 Å². The van der Waals surface area contributed by atoms with Crippen LogP contribution in [0.15, 0.2) is 60.7 Å². The Morgan fingerprint density at radius 1 is 0.500 bits per heavy atom. The van der Waals surface area contributed by atoms with E-state index in [1.165, 1.54) is 143 Å². The van der Waals surface area contributed by atoms with Crippen LogP contribution in [-0.4, -0.2) is 20.3 Å². The van der Waals surface area contributed by atoms with Gasteiger partial charge >= 0.3 is 0 Å². The second kappa shape index (κ2) is 22.6. The molecule has 1 atom stereocenters. The van der Waals surface area contributed by atoms with Gasteiger partial charge in [0.1, 0.15) is 17.2 Å². The van der Waals surface area contributed by atoms with E-state index in [0.29, 0.717) is 0 Å². The van der Waals surface area contributed by atoms with Crippen molar-refractivity contribution >= 4 is 0 Å². The molecule has 264 valence electrons. The van der Waals surface area contributed by atoms with Gasteiger partial charge in [-0.1, -0.05) is 166 Å². The summed E-state index contributed by atoms with van der Waals surface area (Å²) in [6.45, 7) is 6.13. The monoisotopic (exact) mass is 655 g/mol. The minimum Gasteiger partial charge on any atom is -0.496 e. The van der Waals surface area contributed by atoms with E-state index in [0.717, 1.165) is 49.7 Å². The van der Waals surface area contributed by atoms with Crippen molar-refractivity contribution in [3.05, 3.63) is 88.5 Å². The molecule has 48 heavy (non-hydrogen) atoms. The Hall–Kier alpha value is -2.94. The predicted molar refractivity (Wildman–Crippen MR) is 204 cm³/mol. The molecule has 0 N–H and O–H groups in total. The molecule has 0 saturated heterocycles. The summed E-state index contributed by atoms with van der Waals surface area (Å²) >= 11 is 0. The molecule has 4 rings (SSSR count). The zero-order valence-electron chi connectivity index (χ0n) is 30.8. The van der Waals surface area contributed by atoms with Crippen LogP contribution in [0.5, 0.6) is 17.2 Å². The summed E-state index contributed by atoms with van der Waals surface area (Å²) in [5, 5.41) is 0. The fourth-order valence-electron chi connectivity index (χ4n) is 7.45. The largest absolute Gasteiger partial charge is 0.496 e. The van der Waals surface area contributed by atoms with Crippen molar-refractivity contribution in [2.75, 3.05) is 20.3 Å². The fraction of sp³-hybridized carbons (Fsp3) is 0.600. The van der Waals surface area contributed by atoms with E-state index in [2.05, 4.69) is 74.5 Å². The molecule has 3 aromatic rings. The molecule has 3 aromatic carbocycles. The summed E-state index contributed by atoms with van der Waals surface area (Å²) in [5.41, 5.74) is 6.48. The van der Waals surface area contributed by atoms with Crippen molar-refractivity contribution in [2.24, 2.45) is 0 Å². The highest BCUT2D eigenvalue weighted by atomic mass is 16.5. The number of benzene rings is 3. The molecule has 1 unspecified atom stereocenters. The number of hydrogen-bond acceptors (Lipinski definition) is 3. The van der Waals surface area contributed by atoms with Crippen molar-refractivity contribution in [1.82, 2.24) is 0 Å². The number of methoxy groups -OCH3 is 1. The highest BCUT2D eigenvalue weighted by Gasteiger charge is 2.31. The average Bonchev–Trinajstić information content (AvgIpc) is 3.11. The van der Waals surface area contributed by atoms with Crippen LogP contribution in [-0.2, 0) is 6.42 Å². The first-order valence-electron chi connectivity index (χ1n) is 19.9. The van der Waals surface area contributed by atoms with E-state index in [4.69, 9.17) is 14.2 Å². The molecular weight excluding hydrogens is 588 g/mol. The first-order chi connectivity index (χ1) is 23.8. The summed E-state index contributed by atoms with van der Waals surface area (Å²) < 4.78 is 18.8. The van der Waals surface area contributed by atoms with Crippen molar-refractivity contribution in [2.45, 2.75) is 155 Å². The maximum Gasteiger partial charge on any atom is 0.123 e. The number of rotatable bonds is 26. The average molecular weight is 655 g/mol. The van der Waals surface area contributed by atoms with Gasteiger partial charge in [0.15, 0.2) is 0 Å². The normalized spacial score (nSPS) is 13.6. The van der Waals surface area contributed by atoms with Gasteiger partial charge in [0.2, 0.25) is 0 Å². The molecule has 0 aliphatic heterocycles. The quantitative estimate of drug-likeness (QED) is 0.0631. The lowest BCUT2D eigenvalue weighted by Crippen LogP contribution is -2.17. The van der Waals surface area contributed by atoms with Gasteiger partial charge in [-0.05, 0) is 53.8 Å². The Kier molecular flexibility index (Phi) is 17.9. The summed E-state index contributed by atoms with van der Waals surface area (Å²) in [6.07, 6.45) is 27.5. The topological polar surface area (TPSA) is 27.7 Å². The third kappa shape index (κ3) is 12.2. The maximum absolute atomic E-state index is 6.53. The molecule has 0 saturated carbocycles. The van der Waals surface area contributed by atoms with E-state index in [1.807, 2.05) is 0 Å². The van der Waals surface area contributed by atoms with Crippen molar-refractivity contribution < 1.29 is 14.2 Å². The summed E-state index contributed by atoms with van der Waals surface area (Å²) in [7, 11) is 1.79. The molecule has 0 radical (unpaired) electrons. The summed E-state index contributed by atoms with van der Waals surface area (Å²) in [5.74, 6) is 3.06. The Bertz CT molecular complexity index is 1300. The highest BCUT2D eigenvalue weighted by Crippen LogP contribution is 2.46. The first kappa shape index (κ1) is 37.9. The lowest BCUT2D eigenvalue weighted by Gasteiger charge is -2.31. The molecule has 0 aromatic heterocycles. The number of unbranched alkanes of at least 4 members (excludes halogenated alkanes) is 18. The van der Waals surface area contributed by atoms with Gasteiger partial charge in [-0.3, -0.25) is 0 Å². The van der Waals surface area contributed by atoms with Crippen LogP contribution in [0.2, 0.25) is 0 Å². The van der Waals surface area contributed by atoms with Crippen LogP contribution in [0, 0.1) is 0 Å². The van der Waals surface area contributed by atoms with E-state index in [-0.39, 0.29) is 5.92 Å². The zero-order valence-corrected chi connectivity index (χ0v) is 30.8. The molecule has 0 spiro atoms. The van der Waals surface area contributed by atoms with Gasteiger partial charge in [-0.15, -0.1) is 0 Å². The van der Waals surface area contributed by atoms with Crippen LogP contribution in [0.3, 0.4) is 0 Å². The number of ether oxygens (including phenoxy) is 3. The number of fused-ring (bicyclic) bond motifs is 2. The van der Waals surface area contributed by atoms with Crippen molar-refractivity contribution in [3.63, 3.8) is 0 Å². The predicted octanol–water partition coefficient (Wildman–Crippen LogP) is 13.4. The van der Waals surface area contributed by atoms with Crippen molar-refractivity contribution in [3.8, 4) is 17.2 Å². The van der Waals surface area contributed by atoms with Crippen LogP contribution < -0.4 is 14.2 Å². The molecule has 0 fully saturated rings. The van der Waals surface area contributed by atoms with Crippen LogP contribution >= 0.6 is 0 Å². The minimum absolute atomic E-state index is 0.112. The van der Waals surface area contributed by atoms with Gasteiger partial charge in [-0.25, -0.2) is 0 Å². The maximum atomic E-state index is 6.53. The Balaban J connectivity index is 1.34. The molecule has 0 amide bonds. The number of hydrogen-bond donors (Lipinski definition) is 0.